The van der Waals surface area contributed by atoms with Crippen molar-refractivity contribution in [2.45, 2.75) is 52.7 Å². The molecular formula is C13H28O5. The van der Waals surface area contributed by atoms with Gasteiger partial charge in [-0.3, -0.25) is 0 Å². The van der Waals surface area contributed by atoms with Gasteiger partial charge in [0, 0.05) is 6.42 Å². The molecule has 0 aliphatic rings. The van der Waals surface area contributed by atoms with Gasteiger partial charge in [0.05, 0.1) is 13.2 Å². The third-order valence-electron chi connectivity index (χ3n) is 2.28. The minimum Gasteiger partial charge on any atom is -0.394 e. The molecule has 4 N–H and O–H groups in total. The average molecular weight is 264 g/mol. The maximum absolute atomic E-state index is 10.1. The molecule has 0 aromatic heterocycles. The molecule has 0 heterocycles. The molecule has 3 atom stereocenters. The number of carbonyl (C=O) groups excluding carboxylic acids is 1. The van der Waals surface area contributed by atoms with Gasteiger partial charge in [0.2, 0.25) is 0 Å². The van der Waals surface area contributed by atoms with Gasteiger partial charge in [-0.15, -0.1) is 0 Å². The van der Waals surface area contributed by atoms with Crippen LogP contribution in [0, 0.1) is 11.3 Å². The molecule has 0 aromatic carbocycles. The molecule has 0 saturated carbocycles. The zero-order valence-corrected chi connectivity index (χ0v) is 11.8. The first-order valence-electron chi connectivity index (χ1n) is 6.19. The van der Waals surface area contributed by atoms with E-state index in [-0.39, 0.29) is 0 Å². The van der Waals surface area contributed by atoms with Crippen LogP contribution < -0.4 is 0 Å². The summed E-state index contributed by atoms with van der Waals surface area (Å²) in [6.45, 7) is 7.68. The Morgan fingerprint density at radius 3 is 1.67 bits per heavy atom. The van der Waals surface area contributed by atoms with E-state index in [4.69, 9.17) is 20.4 Å². The van der Waals surface area contributed by atoms with Crippen molar-refractivity contribution in [3.8, 4) is 0 Å². The summed E-state index contributed by atoms with van der Waals surface area (Å²) in [5.74, 6) is 0.539. The first-order valence-corrected chi connectivity index (χ1v) is 6.19. The second-order valence-electron chi connectivity index (χ2n) is 5.77. The Morgan fingerprint density at radius 1 is 1.06 bits per heavy atom. The third-order valence-corrected chi connectivity index (χ3v) is 2.28. The summed E-state index contributed by atoms with van der Waals surface area (Å²) < 4.78 is 0. The molecule has 0 aliphatic heterocycles. The summed E-state index contributed by atoms with van der Waals surface area (Å²) in [6, 6.07) is 0. The maximum Gasteiger partial charge on any atom is 0.120 e. The summed E-state index contributed by atoms with van der Waals surface area (Å²) in [7, 11) is 0. The summed E-state index contributed by atoms with van der Waals surface area (Å²) in [6.07, 6.45) is 0.402. The third kappa shape index (κ3) is 13.6. The van der Waals surface area contributed by atoms with Crippen LogP contribution >= 0.6 is 0 Å². The van der Waals surface area contributed by atoms with E-state index in [9.17, 15) is 4.79 Å². The Kier molecular flexibility index (Phi) is 11.5. The minimum atomic E-state index is -1.22. The molecule has 0 aromatic rings. The molecule has 5 nitrogen and oxygen atoms in total. The summed E-state index contributed by atoms with van der Waals surface area (Å²) in [4.78, 5) is 10.1. The van der Waals surface area contributed by atoms with Crippen molar-refractivity contribution < 1.29 is 25.2 Å². The lowest BCUT2D eigenvalue weighted by Crippen LogP contribution is -2.31. The first kappa shape index (κ1) is 19.8. The fourth-order valence-corrected chi connectivity index (χ4v) is 1.54. The summed E-state index contributed by atoms with van der Waals surface area (Å²) in [5.41, 5.74) is 0.364. The Bertz CT molecular complexity index is 192. The quantitative estimate of drug-likeness (QED) is 0.519. The maximum atomic E-state index is 10.1. The van der Waals surface area contributed by atoms with Crippen LogP contribution in [-0.4, -0.2) is 52.1 Å². The SMILES string of the molecule is CC(CC=O)CC(C)(C)C.OC[C@@H](O)[C@@H](O)CO. The molecular weight excluding hydrogens is 236 g/mol. The normalized spacial score (nSPS) is 16.2. The first-order chi connectivity index (χ1) is 8.17. The monoisotopic (exact) mass is 264 g/mol. The molecule has 0 rings (SSSR count). The highest BCUT2D eigenvalue weighted by atomic mass is 16.4. The molecule has 5 heteroatoms. The van der Waals surface area contributed by atoms with Crippen molar-refractivity contribution in [2.75, 3.05) is 13.2 Å². The predicted octanol–water partition coefficient (Wildman–Crippen LogP) is 0.341. The van der Waals surface area contributed by atoms with Gasteiger partial charge in [-0.2, -0.15) is 0 Å². The van der Waals surface area contributed by atoms with Gasteiger partial charge in [0.15, 0.2) is 0 Å². The Morgan fingerprint density at radius 2 is 1.44 bits per heavy atom. The molecule has 0 radical (unpaired) electrons. The number of aliphatic hydroxyl groups excluding tert-OH is 4. The van der Waals surface area contributed by atoms with E-state index in [1.54, 1.807) is 0 Å². The highest BCUT2D eigenvalue weighted by molar-refractivity contribution is 5.49. The lowest BCUT2D eigenvalue weighted by Gasteiger charge is -2.21. The fraction of sp³-hybridized carbons (Fsp3) is 0.923. The molecule has 0 fully saturated rings. The molecule has 0 saturated heterocycles. The highest BCUT2D eigenvalue weighted by Gasteiger charge is 2.14. The van der Waals surface area contributed by atoms with E-state index in [1.807, 2.05) is 0 Å². The van der Waals surface area contributed by atoms with Crippen molar-refractivity contribution in [1.29, 1.82) is 0 Å². The number of carbonyl (C=O) groups is 1. The van der Waals surface area contributed by atoms with Crippen LogP contribution in [-0.2, 0) is 4.79 Å². The van der Waals surface area contributed by atoms with Crippen molar-refractivity contribution in [2.24, 2.45) is 11.3 Å². The highest BCUT2D eigenvalue weighted by Crippen LogP contribution is 2.25. The van der Waals surface area contributed by atoms with Gasteiger partial charge in [-0.1, -0.05) is 27.7 Å². The van der Waals surface area contributed by atoms with E-state index < -0.39 is 25.4 Å². The largest absolute Gasteiger partial charge is 0.394 e. The van der Waals surface area contributed by atoms with Crippen LogP contribution in [0.25, 0.3) is 0 Å². The Labute approximate surface area is 109 Å². The number of aliphatic hydroxyl groups is 4. The molecule has 0 amide bonds. The molecule has 1 unspecified atom stereocenters. The van der Waals surface area contributed by atoms with Crippen LogP contribution in [0.4, 0.5) is 0 Å². The summed E-state index contributed by atoms with van der Waals surface area (Å²) in [5, 5.41) is 33.2. The lowest BCUT2D eigenvalue weighted by molar-refractivity contribution is -0.108. The second kappa shape index (κ2) is 10.4. The van der Waals surface area contributed by atoms with Gasteiger partial charge in [0.25, 0.3) is 0 Å². The standard InChI is InChI=1S/C9H18O.C4H10O4/c1-8(5-6-10)7-9(2,3)4;5-1-3(7)4(8)2-6/h6,8H,5,7H2,1-4H3;3-8H,1-2H2/t;3-,4+. The van der Waals surface area contributed by atoms with Crippen molar-refractivity contribution in [3.63, 3.8) is 0 Å². The van der Waals surface area contributed by atoms with Crippen LogP contribution in [0.2, 0.25) is 0 Å². The average Bonchev–Trinajstić information content (AvgIpc) is 2.25. The molecule has 18 heavy (non-hydrogen) atoms. The molecule has 0 spiro atoms. The van der Waals surface area contributed by atoms with Crippen LogP contribution in [0.3, 0.4) is 0 Å². The minimum absolute atomic E-state index is 0.364. The van der Waals surface area contributed by atoms with Crippen LogP contribution in [0.5, 0.6) is 0 Å². The van der Waals surface area contributed by atoms with E-state index >= 15 is 0 Å². The van der Waals surface area contributed by atoms with Crippen molar-refractivity contribution >= 4 is 6.29 Å². The van der Waals surface area contributed by atoms with Crippen molar-refractivity contribution in [3.05, 3.63) is 0 Å². The van der Waals surface area contributed by atoms with Crippen molar-refractivity contribution in [1.82, 2.24) is 0 Å². The van der Waals surface area contributed by atoms with E-state index in [0.717, 1.165) is 12.7 Å². The Hall–Kier alpha value is -0.490. The molecule has 0 aliphatic carbocycles. The summed E-state index contributed by atoms with van der Waals surface area (Å²) >= 11 is 0. The van der Waals surface area contributed by atoms with Crippen LogP contribution in [0.1, 0.15) is 40.5 Å². The topological polar surface area (TPSA) is 98.0 Å². The zero-order valence-electron chi connectivity index (χ0n) is 11.8. The van der Waals surface area contributed by atoms with E-state index in [0.29, 0.717) is 17.8 Å². The fourth-order valence-electron chi connectivity index (χ4n) is 1.54. The number of aldehydes is 1. The van der Waals surface area contributed by atoms with E-state index in [1.165, 1.54) is 0 Å². The predicted molar refractivity (Wildman–Crippen MR) is 70.1 cm³/mol. The van der Waals surface area contributed by atoms with Gasteiger partial charge in [-0.25, -0.2) is 0 Å². The zero-order chi connectivity index (χ0) is 14.8. The molecule has 0 bridgehead atoms. The van der Waals surface area contributed by atoms with Crippen LogP contribution in [0.15, 0.2) is 0 Å². The van der Waals surface area contributed by atoms with Gasteiger partial charge in [0.1, 0.15) is 18.5 Å². The Balaban J connectivity index is 0. The van der Waals surface area contributed by atoms with E-state index in [2.05, 4.69) is 27.7 Å². The van der Waals surface area contributed by atoms with Gasteiger partial charge in [-0.05, 0) is 17.8 Å². The van der Waals surface area contributed by atoms with Gasteiger partial charge < -0.3 is 25.2 Å². The number of hydrogen-bond donors (Lipinski definition) is 4. The lowest BCUT2D eigenvalue weighted by atomic mass is 9.84. The molecule has 110 valence electrons. The number of rotatable bonds is 6. The smallest absolute Gasteiger partial charge is 0.120 e. The second-order valence-corrected chi connectivity index (χ2v) is 5.77. The van der Waals surface area contributed by atoms with Gasteiger partial charge >= 0.3 is 0 Å². The number of hydrogen-bond acceptors (Lipinski definition) is 5.